The van der Waals surface area contributed by atoms with E-state index in [1.165, 1.54) is 13.2 Å². The first-order valence-corrected chi connectivity index (χ1v) is 9.64. The Morgan fingerprint density at radius 3 is 2.35 bits per heavy atom. The summed E-state index contributed by atoms with van der Waals surface area (Å²) in [5, 5.41) is 12.0. The van der Waals surface area contributed by atoms with Crippen LogP contribution in [0.5, 0.6) is 11.5 Å². The van der Waals surface area contributed by atoms with E-state index >= 15 is 0 Å². The lowest BCUT2D eigenvalue weighted by atomic mass is 10.1. The van der Waals surface area contributed by atoms with Gasteiger partial charge in [0.1, 0.15) is 12.3 Å². The van der Waals surface area contributed by atoms with E-state index in [0.29, 0.717) is 29.2 Å². The maximum Gasteiger partial charge on any atom is 0.352 e. The molecule has 3 rings (SSSR count). The molecule has 158 valence electrons. The van der Waals surface area contributed by atoms with E-state index in [0.717, 1.165) is 11.1 Å². The first-order chi connectivity index (χ1) is 15.0. The quantitative estimate of drug-likeness (QED) is 0.530. The minimum atomic E-state index is -1.25. The van der Waals surface area contributed by atoms with Crippen molar-refractivity contribution in [1.82, 2.24) is 5.32 Å². The standard InChI is InChI=1S/C25H23NO5/c1-17-8-6-7-11-20(17)16-31-23-15-18(12-13-22(23)30-2)14-21(25(28)29)26-24(27)19-9-4-3-5-10-19/h3-15H,16H2,1-2H3,(H,26,27)(H,28,29)/b21-14+. The largest absolute Gasteiger partial charge is 0.493 e. The first kappa shape index (κ1) is 21.6. The molecule has 0 spiro atoms. The van der Waals surface area contributed by atoms with Crippen LogP contribution in [0.1, 0.15) is 27.0 Å². The fourth-order valence-electron chi connectivity index (χ4n) is 2.93. The van der Waals surface area contributed by atoms with Crippen molar-refractivity contribution >= 4 is 18.0 Å². The maximum absolute atomic E-state index is 12.3. The summed E-state index contributed by atoms with van der Waals surface area (Å²) in [6.07, 6.45) is 1.38. The molecular formula is C25H23NO5. The summed E-state index contributed by atoms with van der Waals surface area (Å²) < 4.78 is 11.3. The van der Waals surface area contributed by atoms with E-state index in [-0.39, 0.29) is 5.70 Å². The third-order valence-corrected chi connectivity index (χ3v) is 4.66. The molecule has 2 N–H and O–H groups in total. The summed E-state index contributed by atoms with van der Waals surface area (Å²) in [6.45, 7) is 2.34. The summed E-state index contributed by atoms with van der Waals surface area (Å²) in [7, 11) is 1.54. The minimum Gasteiger partial charge on any atom is -0.493 e. The lowest BCUT2D eigenvalue weighted by Gasteiger charge is -2.13. The van der Waals surface area contributed by atoms with Gasteiger partial charge in [-0.25, -0.2) is 4.79 Å². The van der Waals surface area contributed by atoms with Crippen LogP contribution < -0.4 is 14.8 Å². The van der Waals surface area contributed by atoms with Gasteiger partial charge in [-0.15, -0.1) is 0 Å². The monoisotopic (exact) mass is 417 g/mol. The van der Waals surface area contributed by atoms with E-state index in [4.69, 9.17) is 9.47 Å². The predicted molar refractivity (Wildman–Crippen MR) is 118 cm³/mol. The number of nitrogens with one attached hydrogen (secondary N) is 1. The first-order valence-electron chi connectivity index (χ1n) is 9.64. The lowest BCUT2D eigenvalue weighted by Crippen LogP contribution is -2.27. The van der Waals surface area contributed by atoms with Crippen molar-refractivity contribution in [2.75, 3.05) is 7.11 Å². The van der Waals surface area contributed by atoms with Gasteiger partial charge in [-0.2, -0.15) is 0 Å². The van der Waals surface area contributed by atoms with Gasteiger partial charge < -0.3 is 19.9 Å². The molecule has 0 aliphatic heterocycles. The number of amides is 1. The number of hydrogen-bond donors (Lipinski definition) is 2. The molecule has 1 amide bonds. The van der Waals surface area contributed by atoms with Gasteiger partial charge >= 0.3 is 5.97 Å². The Labute approximate surface area is 180 Å². The molecule has 0 bridgehead atoms. The second-order valence-electron chi connectivity index (χ2n) is 6.81. The average Bonchev–Trinajstić information content (AvgIpc) is 2.78. The number of carboxylic acid groups (broad SMARTS) is 1. The zero-order valence-electron chi connectivity index (χ0n) is 17.3. The van der Waals surface area contributed by atoms with Gasteiger partial charge in [-0.05, 0) is 54.0 Å². The molecule has 0 aromatic heterocycles. The van der Waals surface area contributed by atoms with Crippen LogP contribution in [0.3, 0.4) is 0 Å². The number of aryl methyl sites for hydroxylation is 1. The maximum atomic E-state index is 12.3. The highest BCUT2D eigenvalue weighted by molar-refractivity contribution is 6.02. The van der Waals surface area contributed by atoms with Gasteiger partial charge in [0.05, 0.1) is 7.11 Å². The highest BCUT2D eigenvalue weighted by Crippen LogP contribution is 2.30. The average molecular weight is 417 g/mol. The molecule has 0 aliphatic carbocycles. The highest BCUT2D eigenvalue weighted by atomic mass is 16.5. The number of ether oxygens (including phenoxy) is 2. The molecular weight excluding hydrogens is 394 g/mol. The molecule has 0 saturated heterocycles. The normalized spacial score (nSPS) is 11.0. The Morgan fingerprint density at radius 1 is 0.968 bits per heavy atom. The van der Waals surface area contributed by atoms with Crippen LogP contribution in [0.25, 0.3) is 6.08 Å². The molecule has 6 nitrogen and oxygen atoms in total. The fraction of sp³-hybridized carbons (Fsp3) is 0.120. The highest BCUT2D eigenvalue weighted by Gasteiger charge is 2.14. The second-order valence-corrected chi connectivity index (χ2v) is 6.81. The number of aliphatic carboxylic acids is 1. The second kappa shape index (κ2) is 10.1. The van der Waals surface area contributed by atoms with Crippen molar-refractivity contribution in [2.45, 2.75) is 13.5 Å². The van der Waals surface area contributed by atoms with Crippen molar-refractivity contribution < 1.29 is 24.2 Å². The van der Waals surface area contributed by atoms with E-state index in [2.05, 4.69) is 5.32 Å². The number of carbonyl (C=O) groups excluding carboxylic acids is 1. The zero-order valence-corrected chi connectivity index (χ0v) is 17.3. The zero-order chi connectivity index (χ0) is 22.2. The molecule has 3 aromatic carbocycles. The number of benzene rings is 3. The van der Waals surface area contributed by atoms with Crippen LogP contribution in [0.15, 0.2) is 78.5 Å². The van der Waals surface area contributed by atoms with Crippen molar-refractivity contribution in [1.29, 1.82) is 0 Å². The molecule has 6 heteroatoms. The molecule has 0 aliphatic rings. The molecule has 0 saturated carbocycles. The van der Waals surface area contributed by atoms with E-state index in [1.807, 2.05) is 31.2 Å². The topological polar surface area (TPSA) is 84.9 Å². The Hall–Kier alpha value is -4.06. The summed E-state index contributed by atoms with van der Waals surface area (Å²) >= 11 is 0. The molecule has 3 aromatic rings. The third-order valence-electron chi connectivity index (χ3n) is 4.66. The van der Waals surface area contributed by atoms with Crippen LogP contribution in [-0.4, -0.2) is 24.1 Å². The van der Waals surface area contributed by atoms with E-state index in [1.54, 1.807) is 48.5 Å². The molecule has 31 heavy (non-hydrogen) atoms. The van der Waals surface area contributed by atoms with E-state index in [9.17, 15) is 14.7 Å². The molecule has 0 radical (unpaired) electrons. The number of rotatable bonds is 8. The Morgan fingerprint density at radius 2 is 1.68 bits per heavy atom. The fourth-order valence-corrected chi connectivity index (χ4v) is 2.93. The Balaban J connectivity index is 1.83. The number of carbonyl (C=O) groups is 2. The molecule has 0 fully saturated rings. The van der Waals surface area contributed by atoms with Gasteiger partial charge in [0.2, 0.25) is 0 Å². The smallest absolute Gasteiger partial charge is 0.352 e. The number of carboxylic acids is 1. The Kier molecular flexibility index (Phi) is 7.06. The van der Waals surface area contributed by atoms with Gasteiger partial charge in [0.25, 0.3) is 5.91 Å². The van der Waals surface area contributed by atoms with E-state index < -0.39 is 11.9 Å². The molecule has 0 unspecified atom stereocenters. The summed E-state index contributed by atoms with van der Waals surface area (Å²) in [6, 6.07) is 21.4. The van der Waals surface area contributed by atoms with Gasteiger partial charge in [-0.3, -0.25) is 4.79 Å². The van der Waals surface area contributed by atoms with Gasteiger partial charge in [-0.1, -0.05) is 48.5 Å². The van der Waals surface area contributed by atoms with Crippen LogP contribution >= 0.6 is 0 Å². The summed E-state index contributed by atoms with van der Waals surface area (Å²) in [4.78, 5) is 24.0. The summed E-state index contributed by atoms with van der Waals surface area (Å²) in [5.41, 5.74) is 2.81. The van der Waals surface area contributed by atoms with Crippen molar-refractivity contribution in [2.24, 2.45) is 0 Å². The van der Waals surface area contributed by atoms with Crippen LogP contribution in [0.2, 0.25) is 0 Å². The summed E-state index contributed by atoms with van der Waals surface area (Å²) in [5.74, 6) is -0.754. The molecule has 0 atom stereocenters. The Bertz CT molecular complexity index is 1110. The third kappa shape index (κ3) is 5.73. The van der Waals surface area contributed by atoms with Crippen molar-refractivity contribution in [3.8, 4) is 11.5 Å². The van der Waals surface area contributed by atoms with Crippen LogP contribution in [0, 0.1) is 6.92 Å². The van der Waals surface area contributed by atoms with Gasteiger partial charge in [0.15, 0.2) is 11.5 Å². The van der Waals surface area contributed by atoms with Crippen LogP contribution in [0.4, 0.5) is 0 Å². The van der Waals surface area contributed by atoms with Crippen LogP contribution in [-0.2, 0) is 11.4 Å². The lowest BCUT2D eigenvalue weighted by molar-refractivity contribution is -0.132. The van der Waals surface area contributed by atoms with Crippen molar-refractivity contribution in [3.63, 3.8) is 0 Å². The molecule has 0 heterocycles. The number of hydrogen-bond acceptors (Lipinski definition) is 4. The predicted octanol–water partition coefficient (Wildman–Crippen LogP) is 4.44. The number of methoxy groups -OCH3 is 1. The minimum absolute atomic E-state index is 0.246. The van der Waals surface area contributed by atoms with Gasteiger partial charge in [0, 0.05) is 5.56 Å². The van der Waals surface area contributed by atoms with Crippen molar-refractivity contribution in [3.05, 3.63) is 101 Å². The SMILES string of the molecule is COc1ccc(/C=C(/NC(=O)c2ccccc2)C(=O)O)cc1OCc1ccccc1C.